The summed E-state index contributed by atoms with van der Waals surface area (Å²) in [7, 11) is -3.50. The molecule has 0 unspecified atom stereocenters. The zero-order chi connectivity index (χ0) is 37.4. The lowest BCUT2D eigenvalue weighted by molar-refractivity contribution is -0.137. The molecule has 52 heavy (non-hydrogen) atoms. The first-order valence-electron chi connectivity index (χ1n) is 17.0. The average molecular weight is 751 g/mol. The summed E-state index contributed by atoms with van der Waals surface area (Å²) in [4.78, 5) is 32.3. The maximum absolute atomic E-state index is 13.7. The van der Waals surface area contributed by atoms with Crippen molar-refractivity contribution >= 4 is 39.1 Å². The van der Waals surface area contributed by atoms with Gasteiger partial charge in [0, 0.05) is 49.8 Å². The number of hydrogen-bond acceptors (Lipinski definition) is 11. The van der Waals surface area contributed by atoms with Crippen LogP contribution in [0, 0.1) is 5.92 Å². The van der Waals surface area contributed by atoms with E-state index < -0.39 is 27.4 Å². The number of alkyl halides is 3. The number of nitrogens with zero attached hydrogens (tertiary/aromatic N) is 2. The second kappa shape index (κ2) is 20.1. The predicted molar refractivity (Wildman–Crippen MR) is 188 cm³/mol. The van der Waals surface area contributed by atoms with Gasteiger partial charge in [0.1, 0.15) is 11.4 Å². The number of ether oxygens (including phenoxy) is 3. The van der Waals surface area contributed by atoms with Gasteiger partial charge in [-0.15, -0.1) is 0 Å². The maximum atomic E-state index is 13.7. The lowest BCUT2D eigenvalue weighted by Gasteiger charge is -2.15. The lowest BCUT2D eigenvalue weighted by atomic mass is 10.0. The van der Waals surface area contributed by atoms with Crippen molar-refractivity contribution in [1.29, 1.82) is 0 Å². The minimum atomic E-state index is -4.74. The molecular formula is C35H45F3N6O7S. The number of rotatable bonds is 21. The summed E-state index contributed by atoms with van der Waals surface area (Å²) in [6.07, 6.45) is 2.28. The highest BCUT2D eigenvalue weighted by atomic mass is 32.2. The molecule has 0 atom stereocenters. The van der Waals surface area contributed by atoms with E-state index in [1.165, 1.54) is 43.2 Å². The number of hydrogen-bond donors (Lipinski definition) is 4. The molecule has 0 aliphatic heterocycles. The van der Waals surface area contributed by atoms with Crippen LogP contribution < -0.4 is 21.3 Å². The van der Waals surface area contributed by atoms with Crippen molar-refractivity contribution < 1.29 is 45.4 Å². The van der Waals surface area contributed by atoms with Crippen LogP contribution >= 0.6 is 0 Å². The topological polar surface area (TPSA) is 170 Å². The molecule has 0 spiro atoms. The number of carbonyl (C=O) groups excluding carboxylic acids is 2. The molecule has 0 saturated heterocycles. The molecular weight excluding hydrogens is 705 g/mol. The molecule has 1 saturated carbocycles. The van der Waals surface area contributed by atoms with Gasteiger partial charge in [-0.3, -0.25) is 9.59 Å². The maximum Gasteiger partial charge on any atom is 0.421 e. The Bertz CT molecular complexity index is 1710. The molecule has 3 aromatic rings. The van der Waals surface area contributed by atoms with Crippen molar-refractivity contribution in [1.82, 2.24) is 20.6 Å². The largest absolute Gasteiger partial charge is 0.421 e. The summed E-state index contributed by atoms with van der Waals surface area (Å²) in [5.41, 5.74) is 0.141. The monoisotopic (exact) mass is 750 g/mol. The minimum Gasteiger partial charge on any atom is -0.377 e. The molecule has 0 bridgehead atoms. The third-order valence-corrected chi connectivity index (χ3v) is 9.19. The van der Waals surface area contributed by atoms with Gasteiger partial charge in [0.2, 0.25) is 11.9 Å². The van der Waals surface area contributed by atoms with E-state index in [0.29, 0.717) is 74.9 Å². The number of sulfone groups is 1. The molecule has 4 rings (SSSR count). The third-order valence-electron chi connectivity index (χ3n) is 8.08. The van der Waals surface area contributed by atoms with Crippen molar-refractivity contribution in [3.8, 4) is 0 Å². The molecule has 1 aliphatic carbocycles. The van der Waals surface area contributed by atoms with Gasteiger partial charge in [0.25, 0.3) is 5.91 Å². The van der Waals surface area contributed by atoms with E-state index in [0.717, 1.165) is 19.1 Å². The van der Waals surface area contributed by atoms with Crippen LogP contribution in [0.4, 0.5) is 30.6 Å². The van der Waals surface area contributed by atoms with Gasteiger partial charge in [-0.1, -0.05) is 25.0 Å². The van der Waals surface area contributed by atoms with E-state index in [1.54, 1.807) is 18.2 Å². The molecule has 1 aliphatic rings. The first kappa shape index (κ1) is 40.5. The number of amides is 2. The number of anilines is 3. The zero-order valence-electron chi connectivity index (χ0n) is 29.0. The first-order chi connectivity index (χ1) is 24.9. The van der Waals surface area contributed by atoms with Gasteiger partial charge in [-0.2, -0.15) is 18.2 Å². The van der Waals surface area contributed by atoms with Crippen LogP contribution in [0.1, 0.15) is 53.6 Å². The Balaban J connectivity index is 1.11. The summed E-state index contributed by atoms with van der Waals surface area (Å²) in [5.74, 6) is -0.344. The fourth-order valence-corrected chi connectivity index (χ4v) is 6.07. The highest BCUT2D eigenvalue weighted by Crippen LogP contribution is 2.34. The second-order valence-corrected chi connectivity index (χ2v) is 14.2. The Hall–Kier alpha value is -4.32. The Labute approximate surface area is 301 Å². The number of nitrogens with one attached hydrogen (secondary N) is 4. The fraction of sp³-hybridized carbons (Fsp3) is 0.486. The summed E-state index contributed by atoms with van der Waals surface area (Å²) >= 11 is 0. The van der Waals surface area contributed by atoms with E-state index in [9.17, 15) is 31.2 Å². The molecule has 1 heterocycles. The van der Waals surface area contributed by atoms with Gasteiger partial charge >= 0.3 is 6.18 Å². The molecule has 13 nitrogen and oxygen atoms in total. The van der Waals surface area contributed by atoms with Crippen LogP contribution in [0.2, 0.25) is 0 Å². The number of halogens is 3. The summed E-state index contributed by atoms with van der Waals surface area (Å²) in [5, 5.41) is 11.1. The van der Waals surface area contributed by atoms with Crippen LogP contribution in [-0.4, -0.2) is 89.2 Å². The third kappa shape index (κ3) is 14.0. The van der Waals surface area contributed by atoms with E-state index in [2.05, 4.69) is 31.2 Å². The van der Waals surface area contributed by atoms with Gasteiger partial charge in [0.05, 0.1) is 44.5 Å². The smallest absolute Gasteiger partial charge is 0.377 e. The number of carbonyl (C=O) groups is 2. The van der Waals surface area contributed by atoms with Gasteiger partial charge in [0.15, 0.2) is 9.84 Å². The summed E-state index contributed by atoms with van der Waals surface area (Å²) in [6.45, 7) is 2.84. The van der Waals surface area contributed by atoms with Crippen LogP contribution in [-0.2, 0) is 41.6 Å². The quantitative estimate of drug-likeness (QED) is 0.111. The highest BCUT2D eigenvalue weighted by molar-refractivity contribution is 7.90. The molecule has 1 fully saturated rings. The fourth-order valence-electron chi connectivity index (χ4n) is 5.38. The molecule has 1 aromatic heterocycles. The Morgan fingerprint density at radius 2 is 1.52 bits per heavy atom. The molecule has 2 amide bonds. The molecule has 2 aromatic carbocycles. The summed E-state index contributed by atoms with van der Waals surface area (Å²) in [6, 6.07) is 12.1. The predicted octanol–water partition coefficient (Wildman–Crippen LogP) is 4.73. The summed E-state index contributed by atoms with van der Waals surface area (Å²) < 4.78 is 81.2. The number of aromatic nitrogens is 2. The van der Waals surface area contributed by atoms with E-state index in [-0.39, 0.29) is 42.4 Å². The van der Waals surface area contributed by atoms with Gasteiger partial charge in [-0.25, -0.2) is 13.4 Å². The van der Waals surface area contributed by atoms with Crippen molar-refractivity contribution in [2.45, 2.75) is 49.7 Å². The highest BCUT2D eigenvalue weighted by Gasteiger charge is 2.35. The Morgan fingerprint density at radius 3 is 2.15 bits per heavy atom. The first-order valence-corrected chi connectivity index (χ1v) is 18.9. The normalized spacial score (nSPS) is 13.5. The van der Waals surface area contributed by atoms with E-state index in [4.69, 9.17) is 14.2 Å². The molecule has 0 radical (unpaired) electrons. The lowest BCUT2D eigenvalue weighted by Crippen LogP contribution is -2.29. The number of benzene rings is 2. The van der Waals surface area contributed by atoms with Crippen molar-refractivity contribution in [3.05, 3.63) is 71.4 Å². The van der Waals surface area contributed by atoms with Gasteiger partial charge in [-0.05, 0) is 60.7 Å². The van der Waals surface area contributed by atoms with Crippen LogP contribution in [0.5, 0.6) is 0 Å². The van der Waals surface area contributed by atoms with Gasteiger partial charge < -0.3 is 35.5 Å². The molecule has 17 heteroatoms. The van der Waals surface area contributed by atoms with Crippen molar-refractivity contribution in [2.75, 3.05) is 69.6 Å². The van der Waals surface area contributed by atoms with Crippen molar-refractivity contribution in [2.24, 2.45) is 5.92 Å². The SMILES string of the molecule is CS(=O)(=O)c1cccc(CNc2nc(Nc3ccc(C(=O)NCCOCCOCCOCCNC(=O)CC4CCCC4)cc3)ncc2C(F)(F)F)c1. The standard InChI is InChI=1S/C35H45F3N6O7S/c1-52(47,48)29-8-4-7-26(21-29)23-41-32-30(35(36,37)38)24-42-34(44-32)43-28-11-9-27(10-12-28)33(46)40-14-16-50-18-20-51-19-17-49-15-13-39-31(45)22-25-5-2-3-6-25/h4,7-12,21,24-25H,2-3,5-6,13-20,22-23H2,1H3,(H,39,45)(H,40,46)(H2,41,42,43,44). The second-order valence-electron chi connectivity index (χ2n) is 12.2. The van der Waals surface area contributed by atoms with E-state index >= 15 is 0 Å². The van der Waals surface area contributed by atoms with E-state index in [1.807, 2.05) is 0 Å². The zero-order valence-corrected chi connectivity index (χ0v) is 29.8. The Kier molecular flexibility index (Phi) is 15.6. The molecule has 284 valence electrons. The van der Waals surface area contributed by atoms with Crippen LogP contribution in [0.15, 0.2) is 59.6 Å². The van der Waals surface area contributed by atoms with Crippen LogP contribution in [0.3, 0.4) is 0 Å². The Morgan fingerprint density at radius 1 is 0.885 bits per heavy atom. The molecule has 4 N–H and O–H groups in total. The van der Waals surface area contributed by atoms with Crippen LogP contribution in [0.25, 0.3) is 0 Å². The minimum absolute atomic E-state index is 0.0438. The average Bonchev–Trinajstić information content (AvgIpc) is 3.62. The van der Waals surface area contributed by atoms with Crippen molar-refractivity contribution in [3.63, 3.8) is 0 Å².